The highest BCUT2D eigenvalue weighted by atomic mass is 35.5. The molecule has 0 aliphatic heterocycles. The van der Waals surface area contributed by atoms with Crippen LogP contribution in [0.3, 0.4) is 0 Å². The molecule has 0 radical (unpaired) electrons. The van der Waals surface area contributed by atoms with Gasteiger partial charge in [0.1, 0.15) is 5.69 Å². The minimum atomic E-state index is 0.449. The lowest BCUT2D eigenvalue weighted by Gasteiger charge is -2.07. The Bertz CT molecular complexity index is 578. The van der Waals surface area contributed by atoms with E-state index in [1.807, 2.05) is 40.0 Å². The molecule has 0 spiro atoms. The van der Waals surface area contributed by atoms with Crippen molar-refractivity contribution in [2.75, 3.05) is 0 Å². The standard InChI is InChI=1S/C13H16ClN3O/c1-8-5-11(7-14)6-12(15-8)18-13-9(2)16-17(4)10(13)3/h5-6H,7H2,1-4H3. The fraction of sp³-hybridized carbons (Fsp3) is 0.385. The van der Waals surface area contributed by atoms with E-state index in [1.54, 1.807) is 4.68 Å². The second-order valence-electron chi connectivity index (χ2n) is 4.31. The molecule has 2 rings (SSSR count). The predicted molar refractivity (Wildman–Crippen MR) is 71.3 cm³/mol. The van der Waals surface area contributed by atoms with Crippen LogP contribution in [-0.4, -0.2) is 14.8 Å². The van der Waals surface area contributed by atoms with Crippen molar-refractivity contribution < 1.29 is 4.74 Å². The molecule has 0 aliphatic carbocycles. The van der Waals surface area contributed by atoms with Gasteiger partial charge in [-0.05, 0) is 32.4 Å². The maximum Gasteiger partial charge on any atom is 0.219 e. The van der Waals surface area contributed by atoms with Crippen LogP contribution in [0, 0.1) is 20.8 Å². The first-order chi connectivity index (χ1) is 8.51. The van der Waals surface area contributed by atoms with E-state index in [4.69, 9.17) is 16.3 Å². The summed E-state index contributed by atoms with van der Waals surface area (Å²) in [6, 6.07) is 3.80. The maximum absolute atomic E-state index is 5.84. The summed E-state index contributed by atoms with van der Waals surface area (Å²) in [5, 5.41) is 4.31. The third-order valence-electron chi connectivity index (χ3n) is 2.79. The molecule has 0 saturated carbocycles. The minimum Gasteiger partial charge on any atom is -0.435 e. The van der Waals surface area contributed by atoms with E-state index in [-0.39, 0.29) is 0 Å². The van der Waals surface area contributed by atoms with E-state index in [9.17, 15) is 0 Å². The lowest BCUT2D eigenvalue weighted by atomic mass is 10.2. The van der Waals surface area contributed by atoms with Crippen LogP contribution >= 0.6 is 11.6 Å². The Morgan fingerprint density at radius 1 is 1.28 bits per heavy atom. The quantitative estimate of drug-likeness (QED) is 0.800. The summed E-state index contributed by atoms with van der Waals surface area (Å²) in [6.45, 7) is 5.81. The van der Waals surface area contributed by atoms with E-state index in [0.717, 1.165) is 28.4 Å². The molecule has 0 aromatic carbocycles. The summed E-state index contributed by atoms with van der Waals surface area (Å²) in [4.78, 5) is 4.35. The molecule has 96 valence electrons. The zero-order valence-electron chi connectivity index (χ0n) is 11.0. The van der Waals surface area contributed by atoms with Crippen LogP contribution in [0.4, 0.5) is 0 Å². The lowest BCUT2D eigenvalue weighted by molar-refractivity contribution is 0.453. The minimum absolute atomic E-state index is 0.449. The molecule has 5 heteroatoms. The van der Waals surface area contributed by atoms with Crippen LogP contribution in [0.5, 0.6) is 11.6 Å². The van der Waals surface area contributed by atoms with Gasteiger partial charge in [-0.25, -0.2) is 4.98 Å². The molecule has 0 N–H and O–H groups in total. The van der Waals surface area contributed by atoms with E-state index < -0.39 is 0 Å². The molecule has 0 fully saturated rings. The van der Waals surface area contributed by atoms with Crippen molar-refractivity contribution in [3.63, 3.8) is 0 Å². The van der Waals surface area contributed by atoms with Gasteiger partial charge in [0, 0.05) is 24.7 Å². The van der Waals surface area contributed by atoms with E-state index in [2.05, 4.69) is 10.1 Å². The number of ether oxygens (including phenoxy) is 1. The average Bonchev–Trinajstić information content (AvgIpc) is 2.55. The van der Waals surface area contributed by atoms with Gasteiger partial charge in [-0.15, -0.1) is 11.6 Å². The number of hydrogen-bond donors (Lipinski definition) is 0. The van der Waals surface area contributed by atoms with Gasteiger partial charge in [-0.1, -0.05) is 0 Å². The van der Waals surface area contributed by atoms with E-state index in [1.165, 1.54) is 0 Å². The van der Waals surface area contributed by atoms with Crippen molar-refractivity contribution in [2.45, 2.75) is 26.7 Å². The lowest BCUT2D eigenvalue weighted by Crippen LogP contribution is -1.95. The monoisotopic (exact) mass is 265 g/mol. The van der Waals surface area contributed by atoms with Gasteiger partial charge in [0.2, 0.25) is 5.88 Å². The Kier molecular flexibility index (Phi) is 3.57. The predicted octanol–water partition coefficient (Wildman–Crippen LogP) is 3.27. The number of halogens is 1. The third-order valence-corrected chi connectivity index (χ3v) is 3.10. The highest BCUT2D eigenvalue weighted by molar-refractivity contribution is 6.17. The number of pyridine rings is 1. The molecule has 0 amide bonds. The van der Waals surface area contributed by atoms with Gasteiger partial charge in [-0.3, -0.25) is 4.68 Å². The second-order valence-corrected chi connectivity index (χ2v) is 4.58. The number of alkyl halides is 1. The Morgan fingerprint density at radius 3 is 2.56 bits per heavy atom. The van der Waals surface area contributed by atoms with Gasteiger partial charge in [-0.2, -0.15) is 5.10 Å². The summed E-state index contributed by atoms with van der Waals surface area (Å²) in [5.41, 5.74) is 3.72. The van der Waals surface area contributed by atoms with Crippen LogP contribution in [0.1, 0.15) is 22.6 Å². The largest absolute Gasteiger partial charge is 0.435 e. The maximum atomic E-state index is 5.84. The highest BCUT2D eigenvalue weighted by Crippen LogP contribution is 2.27. The second kappa shape index (κ2) is 4.98. The summed E-state index contributed by atoms with van der Waals surface area (Å²) < 4.78 is 7.63. The zero-order chi connectivity index (χ0) is 13.3. The number of aryl methyl sites for hydroxylation is 3. The van der Waals surface area contributed by atoms with Crippen LogP contribution in [0.2, 0.25) is 0 Å². The van der Waals surface area contributed by atoms with Gasteiger partial charge < -0.3 is 4.74 Å². The molecule has 2 aromatic heterocycles. The number of rotatable bonds is 3. The van der Waals surface area contributed by atoms with Crippen LogP contribution in [-0.2, 0) is 12.9 Å². The van der Waals surface area contributed by atoms with Crippen molar-refractivity contribution in [3.8, 4) is 11.6 Å². The normalized spacial score (nSPS) is 10.7. The van der Waals surface area contributed by atoms with Gasteiger partial charge in [0.05, 0.1) is 5.69 Å². The first kappa shape index (κ1) is 12.9. The van der Waals surface area contributed by atoms with Crippen LogP contribution in [0.15, 0.2) is 12.1 Å². The Balaban J connectivity index is 2.36. The molecule has 4 nitrogen and oxygen atoms in total. The zero-order valence-corrected chi connectivity index (χ0v) is 11.7. The smallest absolute Gasteiger partial charge is 0.219 e. The molecule has 0 unspecified atom stereocenters. The first-order valence-corrected chi connectivity index (χ1v) is 6.26. The summed E-state index contributed by atoms with van der Waals surface area (Å²) in [6.07, 6.45) is 0. The SMILES string of the molecule is Cc1cc(CCl)cc(Oc2c(C)nn(C)c2C)n1. The van der Waals surface area contributed by atoms with Crippen molar-refractivity contribution in [3.05, 3.63) is 34.8 Å². The fourth-order valence-corrected chi connectivity index (χ4v) is 2.00. The van der Waals surface area contributed by atoms with Crippen molar-refractivity contribution in [1.82, 2.24) is 14.8 Å². The number of hydrogen-bond acceptors (Lipinski definition) is 3. The van der Waals surface area contributed by atoms with Crippen molar-refractivity contribution >= 4 is 11.6 Å². The van der Waals surface area contributed by atoms with Gasteiger partial charge in [0.15, 0.2) is 5.75 Å². The third kappa shape index (κ3) is 2.48. The van der Waals surface area contributed by atoms with Crippen molar-refractivity contribution in [2.24, 2.45) is 7.05 Å². The Hall–Kier alpha value is -1.55. The molecule has 0 bridgehead atoms. The molecule has 2 aromatic rings. The van der Waals surface area contributed by atoms with E-state index in [0.29, 0.717) is 11.8 Å². The Labute approximate surface area is 112 Å². The summed E-state index contributed by atoms with van der Waals surface area (Å²) in [5.74, 6) is 1.77. The fourth-order valence-electron chi connectivity index (χ4n) is 1.84. The van der Waals surface area contributed by atoms with Crippen LogP contribution < -0.4 is 4.74 Å². The average molecular weight is 266 g/mol. The molecule has 18 heavy (non-hydrogen) atoms. The molecular formula is C13H16ClN3O. The van der Waals surface area contributed by atoms with Crippen LogP contribution in [0.25, 0.3) is 0 Å². The summed E-state index contributed by atoms with van der Waals surface area (Å²) in [7, 11) is 1.89. The van der Waals surface area contributed by atoms with Gasteiger partial charge in [0.25, 0.3) is 0 Å². The van der Waals surface area contributed by atoms with Gasteiger partial charge >= 0.3 is 0 Å². The summed E-state index contributed by atoms with van der Waals surface area (Å²) >= 11 is 5.84. The molecule has 0 saturated heterocycles. The molecule has 0 atom stereocenters. The topological polar surface area (TPSA) is 39.9 Å². The molecule has 0 aliphatic rings. The van der Waals surface area contributed by atoms with Crippen molar-refractivity contribution in [1.29, 1.82) is 0 Å². The molecule has 2 heterocycles. The number of nitrogens with zero attached hydrogens (tertiary/aromatic N) is 3. The van der Waals surface area contributed by atoms with E-state index >= 15 is 0 Å². The number of aromatic nitrogens is 3. The first-order valence-electron chi connectivity index (χ1n) is 5.73. The molecular weight excluding hydrogens is 250 g/mol. The Morgan fingerprint density at radius 2 is 2.00 bits per heavy atom. The highest BCUT2D eigenvalue weighted by Gasteiger charge is 2.12.